The van der Waals surface area contributed by atoms with Crippen molar-refractivity contribution in [3.05, 3.63) is 65.2 Å². The molecule has 0 unspecified atom stereocenters. The van der Waals surface area contributed by atoms with Crippen molar-refractivity contribution in [1.82, 2.24) is 0 Å². The van der Waals surface area contributed by atoms with Gasteiger partial charge in [-0.25, -0.2) is 4.79 Å². The molecule has 0 saturated heterocycles. The minimum atomic E-state index is -0.374. The Morgan fingerprint density at radius 1 is 1.12 bits per heavy atom. The number of para-hydroxylation sites is 1. The third-order valence-electron chi connectivity index (χ3n) is 3.21. The van der Waals surface area contributed by atoms with Crippen LogP contribution in [-0.4, -0.2) is 25.0 Å². The number of amides is 1. The molecule has 2 N–H and O–H groups in total. The first kappa shape index (κ1) is 18.5. The number of carbonyl (C=O) groups excluding carboxylic acids is 2. The molecule has 2 aromatic carbocycles. The zero-order valence-electron chi connectivity index (χ0n) is 13.8. The number of halogens is 1. The fraction of sp³-hybridized carbons (Fsp3) is 0.158. The molecule has 0 saturated carbocycles. The smallest absolute Gasteiger partial charge is 0.330 e. The fourth-order valence-corrected chi connectivity index (χ4v) is 2.19. The maximum Gasteiger partial charge on any atom is 0.330 e. The van der Waals surface area contributed by atoms with Gasteiger partial charge >= 0.3 is 5.97 Å². The Kier molecular flexibility index (Phi) is 7.04. The largest absolute Gasteiger partial charge is 0.463 e. The Morgan fingerprint density at radius 3 is 2.52 bits per heavy atom. The second-order valence-electron chi connectivity index (χ2n) is 5.09. The predicted molar refractivity (Wildman–Crippen MR) is 101 cm³/mol. The molecule has 2 aromatic rings. The first-order chi connectivity index (χ1) is 12.1. The second kappa shape index (κ2) is 9.49. The van der Waals surface area contributed by atoms with Crippen LogP contribution in [0.2, 0.25) is 5.02 Å². The number of carbonyl (C=O) groups is 2. The molecule has 0 heterocycles. The summed E-state index contributed by atoms with van der Waals surface area (Å²) in [6, 6.07) is 14.4. The van der Waals surface area contributed by atoms with Gasteiger partial charge < -0.3 is 15.4 Å². The molecule has 1 amide bonds. The minimum absolute atomic E-state index is 0.114. The van der Waals surface area contributed by atoms with Crippen LogP contribution in [0.15, 0.2) is 54.6 Å². The Balaban J connectivity index is 1.84. The lowest BCUT2D eigenvalue weighted by molar-refractivity contribution is -0.137. The summed E-state index contributed by atoms with van der Waals surface area (Å²) in [5.41, 5.74) is 2.23. The van der Waals surface area contributed by atoms with E-state index in [1.807, 2.05) is 24.3 Å². The Hall–Kier alpha value is -2.79. The third kappa shape index (κ3) is 6.31. The molecule has 0 spiro atoms. The Morgan fingerprint density at radius 2 is 1.84 bits per heavy atom. The molecule has 0 aliphatic heterocycles. The third-order valence-corrected chi connectivity index (χ3v) is 3.54. The van der Waals surface area contributed by atoms with Gasteiger partial charge in [0.25, 0.3) is 0 Å². The quantitative estimate of drug-likeness (QED) is 0.580. The molecule has 0 fully saturated rings. The van der Waals surface area contributed by atoms with E-state index < -0.39 is 0 Å². The van der Waals surface area contributed by atoms with Crippen molar-refractivity contribution >= 4 is 40.9 Å². The maximum atomic E-state index is 11.9. The molecule has 25 heavy (non-hydrogen) atoms. The van der Waals surface area contributed by atoms with Crippen LogP contribution >= 0.6 is 11.6 Å². The summed E-state index contributed by atoms with van der Waals surface area (Å²) >= 11 is 6.00. The van der Waals surface area contributed by atoms with Gasteiger partial charge in [-0.05, 0) is 42.8 Å². The molecule has 0 atom stereocenters. The number of nitrogens with one attached hydrogen (secondary N) is 2. The lowest BCUT2D eigenvalue weighted by Crippen LogP contribution is -2.21. The van der Waals surface area contributed by atoms with Crippen LogP contribution in [0.5, 0.6) is 0 Å². The minimum Gasteiger partial charge on any atom is -0.463 e. The summed E-state index contributed by atoms with van der Waals surface area (Å²) in [5, 5.41) is 6.26. The van der Waals surface area contributed by atoms with Gasteiger partial charge in [-0.1, -0.05) is 35.9 Å². The number of hydrogen-bond acceptors (Lipinski definition) is 4. The molecule has 6 heteroatoms. The monoisotopic (exact) mass is 358 g/mol. The normalized spacial score (nSPS) is 10.5. The number of anilines is 2. The highest BCUT2D eigenvalue weighted by Crippen LogP contribution is 2.20. The topological polar surface area (TPSA) is 67.4 Å². The zero-order valence-corrected chi connectivity index (χ0v) is 14.5. The van der Waals surface area contributed by atoms with E-state index in [1.165, 1.54) is 6.08 Å². The molecule has 0 aromatic heterocycles. The highest BCUT2D eigenvalue weighted by atomic mass is 35.5. The summed E-state index contributed by atoms with van der Waals surface area (Å²) in [4.78, 5) is 23.2. The summed E-state index contributed by atoms with van der Waals surface area (Å²) < 4.78 is 4.82. The van der Waals surface area contributed by atoms with Crippen LogP contribution in [0, 0.1) is 0 Å². The van der Waals surface area contributed by atoms with E-state index >= 15 is 0 Å². The molecule has 0 radical (unpaired) electrons. The van der Waals surface area contributed by atoms with Gasteiger partial charge in [-0.15, -0.1) is 0 Å². The molecular formula is C19H19ClN2O3. The van der Waals surface area contributed by atoms with Gasteiger partial charge in [-0.2, -0.15) is 0 Å². The van der Waals surface area contributed by atoms with E-state index in [0.29, 0.717) is 17.3 Å². The SMILES string of the molecule is CCOC(=O)/C=C/c1ccc(NCC(=O)Nc2ccccc2Cl)cc1. The van der Waals surface area contributed by atoms with Crippen LogP contribution < -0.4 is 10.6 Å². The van der Waals surface area contributed by atoms with Crippen LogP contribution in [0.4, 0.5) is 11.4 Å². The van der Waals surface area contributed by atoms with E-state index in [0.717, 1.165) is 11.3 Å². The van der Waals surface area contributed by atoms with Crippen molar-refractivity contribution in [2.45, 2.75) is 6.92 Å². The van der Waals surface area contributed by atoms with Gasteiger partial charge in [0.05, 0.1) is 23.9 Å². The van der Waals surface area contributed by atoms with Gasteiger partial charge in [0.2, 0.25) is 5.91 Å². The number of benzene rings is 2. The van der Waals surface area contributed by atoms with Crippen molar-refractivity contribution in [2.75, 3.05) is 23.8 Å². The standard InChI is InChI=1S/C19H19ClN2O3/c1-2-25-19(24)12-9-14-7-10-15(11-8-14)21-13-18(23)22-17-6-4-3-5-16(17)20/h3-12,21H,2,13H2,1H3,(H,22,23)/b12-9+. The summed E-state index contributed by atoms with van der Waals surface area (Å²) in [5.74, 6) is -0.569. The van der Waals surface area contributed by atoms with Crippen LogP contribution in [0.25, 0.3) is 6.08 Å². The number of ether oxygens (including phenoxy) is 1. The van der Waals surface area contributed by atoms with Crippen LogP contribution in [-0.2, 0) is 14.3 Å². The second-order valence-corrected chi connectivity index (χ2v) is 5.50. The molecule has 5 nitrogen and oxygen atoms in total. The van der Waals surface area contributed by atoms with Crippen molar-refractivity contribution in [3.8, 4) is 0 Å². The lowest BCUT2D eigenvalue weighted by Gasteiger charge is -2.09. The van der Waals surface area contributed by atoms with Crippen LogP contribution in [0.3, 0.4) is 0 Å². The van der Waals surface area contributed by atoms with E-state index in [-0.39, 0.29) is 18.4 Å². The molecule has 0 bridgehead atoms. The van der Waals surface area contributed by atoms with Gasteiger partial charge in [0, 0.05) is 11.8 Å². The Bertz CT molecular complexity index is 758. The lowest BCUT2D eigenvalue weighted by atomic mass is 10.2. The van der Waals surface area contributed by atoms with E-state index in [9.17, 15) is 9.59 Å². The first-order valence-electron chi connectivity index (χ1n) is 7.81. The average Bonchev–Trinajstić information content (AvgIpc) is 2.61. The van der Waals surface area contributed by atoms with E-state index in [2.05, 4.69) is 10.6 Å². The summed E-state index contributed by atoms with van der Waals surface area (Å²) in [6.07, 6.45) is 3.05. The van der Waals surface area contributed by atoms with E-state index in [4.69, 9.17) is 16.3 Å². The number of rotatable bonds is 7. The van der Waals surface area contributed by atoms with Crippen molar-refractivity contribution in [1.29, 1.82) is 0 Å². The Labute approximate surface area is 151 Å². The average molecular weight is 359 g/mol. The van der Waals surface area contributed by atoms with Crippen LogP contribution in [0.1, 0.15) is 12.5 Å². The molecule has 0 aliphatic carbocycles. The summed E-state index contributed by atoms with van der Waals surface area (Å²) in [7, 11) is 0. The molecular weight excluding hydrogens is 340 g/mol. The maximum absolute atomic E-state index is 11.9. The summed E-state index contributed by atoms with van der Waals surface area (Å²) in [6.45, 7) is 2.22. The van der Waals surface area contributed by atoms with Crippen molar-refractivity contribution in [3.63, 3.8) is 0 Å². The van der Waals surface area contributed by atoms with Crippen molar-refractivity contribution in [2.24, 2.45) is 0 Å². The molecule has 2 rings (SSSR count). The fourth-order valence-electron chi connectivity index (χ4n) is 2.01. The van der Waals surface area contributed by atoms with E-state index in [1.54, 1.807) is 37.3 Å². The van der Waals surface area contributed by atoms with Crippen molar-refractivity contribution < 1.29 is 14.3 Å². The number of hydrogen-bond donors (Lipinski definition) is 2. The molecule has 0 aliphatic rings. The van der Waals surface area contributed by atoms with Gasteiger partial charge in [0.15, 0.2) is 0 Å². The predicted octanol–water partition coefficient (Wildman–Crippen LogP) is 3.97. The van der Waals surface area contributed by atoms with Gasteiger partial charge in [-0.3, -0.25) is 4.79 Å². The highest BCUT2D eigenvalue weighted by Gasteiger charge is 2.05. The van der Waals surface area contributed by atoms with Gasteiger partial charge in [0.1, 0.15) is 0 Å². The first-order valence-corrected chi connectivity index (χ1v) is 8.19. The zero-order chi connectivity index (χ0) is 18.1. The number of esters is 1. The highest BCUT2D eigenvalue weighted by molar-refractivity contribution is 6.33. The molecule has 130 valence electrons.